The third-order valence-electron chi connectivity index (χ3n) is 3.53. The number of Topliss-reactive ketones (excluding diaryl/α,β-unsaturated/α-hetero) is 2. The molecule has 0 bridgehead atoms. The summed E-state index contributed by atoms with van der Waals surface area (Å²) in [5.74, 6) is -4.21. The summed E-state index contributed by atoms with van der Waals surface area (Å²) in [5.41, 5.74) is -2.22. The van der Waals surface area contributed by atoms with Gasteiger partial charge in [-0.05, 0) is 24.3 Å². The summed E-state index contributed by atoms with van der Waals surface area (Å²) in [7, 11) is -2.97. The molecular formula is C16H10F2N2O9P+. The van der Waals surface area contributed by atoms with Gasteiger partial charge in [0.25, 0.3) is 0 Å². The number of halogens is 2. The Balaban J connectivity index is 1.87. The Morgan fingerprint density at radius 3 is 1.50 bits per heavy atom. The molecular weight excluding hydrogens is 433 g/mol. The van der Waals surface area contributed by atoms with Crippen LogP contribution >= 0.6 is 8.25 Å². The van der Waals surface area contributed by atoms with Gasteiger partial charge in [0.05, 0.1) is 9.85 Å². The molecule has 0 amide bonds. The molecule has 0 fully saturated rings. The van der Waals surface area contributed by atoms with Crippen molar-refractivity contribution in [3.8, 4) is 0 Å². The van der Waals surface area contributed by atoms with Crippen LogP contribution in [0.25, 0.3) is 0 Å². The summed E-state index contributed by atoms with van der Waals surface area (Å²) in [4.78, 5) is 42.8. The number of carbonyl (C=O) groups excluding carboxylic acids is 2. The third-order valence-corrected chi connectivity index (χ3v) is 4.21. The Morgan fingerprint density at radius 2 is 1.20 bits per heavy atom. The van der Waals surface area contributed by atoms with Crippen molar-refractivity contribution in [2.75, 3.05) is 13.2 Å². The highest BCUT2D eigenvalue weighted by molar-refractivity contribution is 7.33. The van der Waals surface area contributed by atoms with E-state index in [1.807, 2.05) is 0 Å². The van der Waals surface area contributed by atoms with E-state index in [4.69, 9.17) is 0 Å². The monoisotopic (exact) mass is 443 g/mol. The van der Waals surface area contributed by atoms with Gasteiger partial charge < -0.3 is 0 Å². The van der Waals surface area contributed by atoms with Gasteiger partial charge >= 0.3 is 19.6 Å². The summed E-state index contributed by atoms with van der Waals surface area (Å²) in [5, 5.41) is 21.1. The smallest absolute Gasteiger partial charge is 0.291 e. The van der Waals surface area contributed by atoms with Gasteiger partial charge in [0.2, 0.25) is 11.6 Å². The zero-order valence-electron chi connectivity index (χ0n) is 14.7. The van der Waals surface area contributed by atoms with E-state index in [2.05, 4.69) is 9.05 Å². The lowest BCUT2D eigenvalue weighted by Crippen LogP contribution is -2.10. The van der Waals surface area contributed by atoms with E-state index < -0.39 is 65.9 Å². The van der Waals surface area contributed by atoms with Crippen LogP contribution in [0.5, 0.6) is 0 Å². The average Bonchev–Trinajstić information content (AvgIpc) is 2.69. The zero-order valence-corrected chi connectivity index (χ0v) is 15.5. The summed E-state index contributed by atoms with van der Waals surface area (Å²) in [6.07, 6.45) is 0. The SMILES string of the molecule is O=C(CO[P+](=O)OCC(=O)c1ccc([N+](=O)[O-])c(F)c1)c1ccc([N+](=O)[O-])c(F)c1. The minimum Gasteiger partial charge on any atom is -0.291 e. The molecule has 2 aromatic rings. The number of nitro groups is 2. The lowest BCUT2D eigenvalue weighted by atomic mass is 10.1. The first-order chi connectivity index (χ1) is 14.1. The summed E-state index contributed by atoms with van der Waals surface area (Å²) in [6, 6.07) is 4.75. The first-order valence-corrected chi connectivity index (χ1v) is 8.87. The van der Waals surface area contributed by atoms with Crippen molar-refractivity contribution < 1.29 is 41.8 Å². The number of hydrogen-bond acceptors (Lipinski definition) is 9. The van der Waals surface area contributed by atoms with E-state index in [-0.39, 0.29) is 11.1 Å². The topological polar surface area (TPSA) is 156 Å². The fourth-order valence-corrected chi connectivity index (χ4v) is 2.60. The van der Waals surface area contributed by atoms with Gasteiger partial charge in [-0.3, -0.25) is 29.8 Å². The highest BCUT2D eigenvalue weighted by Gasteiger charge is 2.26. The molecule has 0 aliphatic rings. The second-order valence-corrected chi connectivity index (χ2v) is 6.43. The Kier molecular flexibility index (Phi) is 7.42. The molecule has 30 heavy (non-hydrogen) atoms. The van der Waals surface area contributed by atoms with Gasteiger partial charge in [-0.15, -0.1) is 9.05 Å². The molecule has 0 aliphatic carbocycles. The number of carbonyl (C=O) groups is 2. The normalized spacial score (nSPS) is 10.5. The van der Waals surface area contributed by atoms with Gasteiger partial charge in [0.15, 0.2) is 24.8 Å². The number of hydrogen-bond donors (Lipinski definition) is 0. The molecule has 2 aromatic carbocycles. The Hall–Kier alpha value is -3.54. The van der Waals surface area contributed by atoms with Crippen molar-refractivity contribution in [2.45, 2.75) is 0 Å². The molecule has 0 spiro atoms. The lowest BCUT2D eigenvalue weighted by molar-refractivity contribution is -0.387. The van der Waals surface area contributed by atoms with Crippen LogP contribution in [0.3, 0.4) is 0 Å². The number of benzene rings is 2. The molecule has 0 aliphatic heterocycles. The first kappa shape index (κ1) is 22.7. The minimum absolute atomic E-state index is 0.279. The molecule has 0 heterocycles. The van der Waals surface area contributed by atoms with E-state index in [1.54, 1.807) is 0 Å². The van der Waals surface area contributed by atoms with Crippen molar-refractivity contribution in [3.63, 3.8) is 0 Å². The molecule has 0 radical (unpaired) electrons. The highest BCUT2D eigenvalue weighted by Crippen LogP contribution is 2.26. The zero-order chi connectivity index (χ0) is 22.4. The van der Waals surface area contributed by atoms with Crippen molar-refractivity contribution >= 4 is 31.2 Å². The van der Waals surface area contributed by atoms with E-state index in [0.717, 1.165) is 24.3 Å². The van der Waals surface area contributed by atoms with Gasteiger partial charge in [-0.2, -0.15) is 8.78 Å². The van der Waals surface area contributed by atoms with Crippen LogP contribution in [0.1, 0.15) is 20.7 Å². The molecule has 0 atom stereocenters. The van der Waals surface area contributed by atoms with E-state index >= 15 is 0 Å². The number of nitro benzene ring substituents is 2. The van der Waals surface area contributed by atoms with Crippen LogP contribution in [0.15, 0.2) is 36.4 Å². The van der Waals surface area contributed by atoms with Gasteiger partial charge in [0, 0.05) is 27.8 Å². The van der Waals surface area contributed by atoms with Crippen LogP contribution in [-0.4, -0.2) is 34.6 Å². The second kappa shape index (κ2) is 9.78. The van der Waals surface area contributed by atoms with Crippen LogP contribution < -0.4 is 0 Å². The molecule has 0 saturated carbocycles. The predicted molar refractivity (Wildman–Crippen MR) is 94.3 cm³/mol. The van der Waals surface area contributed by atoms with Crippen molar-refractivity contribution in [2.24, 2.45) is 0 Å². The van der Waals surface area contributed by atoms with Gasteiger partial charge in [-0.25, -0.2) is 0 Å². The number of nitrogens with zero attached hydrogens (tertiary/aromatic N) is 2. The van der Waals surface area contributed by atoms with Gasteiger partial charge in [-0.1, -0.05) is 0 Å². The summed E-state index contributed by atoms with van der Waals surface area (Å²) >= 11 is 0. The first-order valence-electron chi connectivity index (χ1n) is 7.77. The van der Waals surface area contributed by atoms with Crippen LogP contribution in [0.2, 0.25) is 0 Å². The Bertz CT molecular complexity index is 980. The molecule has 0 unspecified atom stereocenters. The number of rotatable bonds is 10. The molecule has 2 rings (SSSR count). The number of ketones is 2. The fraction of sp³-hybridized carbons (Fsp3) is 0.125. The third kappa shape index (κ3) is 5.73. The molecule has 0 aromatic heterocycles. The van der Waals surface area contributed by atoms with Crippen molar-refractivity contribution in [1.29, 1.82) is 0 Å². The summed E-state index contributed by atoms with van der Waals surface area (Å²) in [6.45, 7) is -1.68. The van der Waals surface area contributed by atoms with E-state index in [0.29, 0.717) is 12.1 Å². The maximum absolute atomic E-state index is 13.5. The molecule has 11 nitrogen and oxygen atoms in total. The largest absolute Gasteiger partial charge is 0.698 e. The molecule has 14 heteroatoms. The maximum Gasteiger partial charge on any atom is 0.698 e. The standard InChI is InChI=1S/C16H10F2N2O9P/c17-11-5-9(1-3-13(11)19(23)24)15(21)7-28-30(27)29-8-16(22)10-2-4-14(20(25)26)12(18)6-10/h1-6H,7-8H2/q+1. The highest BCUT2D eigenvalue weighted by atomic mass is 31.1. The molecule has 0 saturated heterocycles. The predicted octanol–water partition coefficient (Wildman–Crippen LogP) is 3.54. The molecule has 156 valence electrons. The van der Waals surface area contributed by atoms with E-state index in [9.17, 15) is 43.2 Å². The van der Waals surface area contributed by atoms with Crippen LogP contribution in [0.4, 0.5) is 20.2 Å². The van der Waals surface area contributed by atoms with Crippen molar-refractivity contribution in [1.82, 2.24) is 0 Å². The Morgan fingerprint density at radius 1 is 0.833 bits per heavy atom. The maximum atomic E-state index is 13.5. The quantitative estimate of drug-likeness (QED) is 0.232. The average molecular weight is 443 g/mol. The van der Waals surface area contributed by atoms with E-state index in [1.165, 1.54) is 0 Å². The van der Waals surface area contributed by atoms with Crippen LogP contribution in [0, 0.1) is 31.9 Å². The fourth-order valence-electron chi connectivity index (χ4n) is 2.08. The Labute approximate surface area is 166 Å². The minimum atomic E-state index is -2.97. The molecule has 0 N–H and O–H groups in total. The van der Waals surface area contributed by atoms with Gasteiger partial charge in [0.1, 0.15) is 0 Å². The summed E-state index contributed by atoms with van der Waals surface area (Å²) < 4.78 is 47.8. The second-order valence-electron chi connectivity index (χ2n) is 5.46. The van der Waals surface area contributed by atoms with Crippen molar-refractivity contribution in [3.05, 3.63) is 79.4 Å². The lowest BCUT2D eigenvalue weighted by Gasteiger charge is -1.99. The van der Waals surface area contributed by atoms with Crippen LogP contribution in [-0.2, 0) is 13.6 Å².